The van der Waals surface area contributed by atoms with Gasteiger partial charge in [-0.25, -0.2) is 9.79 Å². The van der Waals surface area contributed by atoms with Crippen LogP contribution in [-0.4, -0.2) is 53.4 Å². The summed E-state index contributed by atoms with van der Waals surface area (Å²) < 4.78 is 12.5. The summed E-state index contributed by atoms with van der Waals surface area (Å²) in [7, 11) is 1.38. The molecule has 2 heterocycles. The lowest BCUT2D eigenvalue weighted by Crippen LogP contribution is -2.32. The molecular formula is C31H29N3O4S. The Kier molecular flexibility index (Phi) is 8.24. The molecule has 1 fully saturated rings. The van der Waals surface area contributed by atoms with Crippen molar-refractivity contribution in [1.29, 1.82) is 0 Å². The number of para-hydroxylation sites is 2. The maximum absolute atomic E-state index is 13.5. The fourth-order valence-corrected chi connectivity index (χ4v) is 5.49. The van der Waals surface area contributed by atoms with E-state index in [4.69, 9.17) is 14.5 Å². The summed E-state index contributed by atoms with van der Waals surface area (Å²) in [6.45, 7) is 3.96. The number of thioether (sulfide) groups is 1. The van der Waals surface area contributed by atoms with Gasteiger partial charge in [-0.3, -0.25) is 9.69 Å². The Balaban J connectivity index is 1.49. The van der Waals surface area contributed by atoms with Gasteiger partial charge >= 0.3 is 5.97 Å². The predicted octanol–water partition coefficient (Wildman–Crippen LogP) is 6.12. The van der Waals surface area contributed by atoms with Crippen LogP contribution in [0.5, 0.6) is 0 Å². The van der Waals surface area contributed by atoms with Gasteiger partial charge in [-0.05, 0) is 60.7 Å². The first kappa shape index (κ1) is 26.5. The number of carbonyl (C=O) groups excluding carboxylic acids is 2. The first-order valence-corrected chi connectivity index (χ1v) is 13.6. The molecule has 3 aromatic carbocycles. The van der Waals surface area contributed by atoms with E-state index in [9.17, 15) is 9.59 Å². The number of hydrogen-bond acceptors (Lipinski definition) is 6. The third kappa shape index (κ3) is 5.97. The number of methoxy groups -OCH3 is 1. The third-order valence-corrected chi connectivity index (χ3v) is 7.35. The topological polar surface area (TPSA) is 73.1 Å². The summed E-state index contributed by atoms with van der Waals surface area (Å²) in [5.74, 6) is -0.449. The fourth-order valence-electron chi connectivity index (χ4n) is 4.48. The number of amidine groups is 1. The molecule has 39 heavy (non-hydrogen) atoms. The molecule has 0 N–H and O–H groups in total. The van der Waals surface area contributed by atoms with Gasteiger partial charge in [0.1, 0.15) is 0 Å². The number of esters is 1. The molecule has 0 unspecified atom stereocenters. The van der Waals surface area contributed by atoms with Crippen molar-refractivity contribution in [3.8, 4) is 0 Å². The standard InChI is InChI=1S/C31H29N3O4S/c1-3-38-17-16-34-29(35)28(39-31(34)32-25-12-5-4-6-13-25)19-24-21-33(27-15-8-7-14-26(24)27)20-22-10-9-11-23(18-22)30(36)37-2/h4-15,18-19,21H,3,16-17,20H2,1-2H3/b28-19-,32-31?. The average molecular weight is 540 g/mol. The number of fused-ring (bicyclic) bond motifs is 1. The van der Waals surface area contributed by atoms with Gasteiger partial charge in [0.2, 0.25) is 0 Å². The lowest BCUT2D eigenvalue weighted by atomic mass is 10.1. The van der Waals surface area contributed by atoms with Crippen LogP contribution in [0, 0.1) is 0 Å². The zero-order valence-electron chi connectivity index (χ0n) is 21.9. The second-order valence-corrected chi connectivity index (χ2v) is 9.92. The van der Waals surface area contributed by atoms with Crippen LogP contribution in [0.3, 0.4) is 0 Å². The van der Waals surface area contributed by atoms with Crippen molar-refractivity contribution in [2.24, 2.45) is 4.99 Å². The molecule has 1 saturated heterocycles. The van der Waals surface area contributed by atoms with Crippen molar-refractivity contribution < 1.29 is 19.1 Å². The van der Waals surface area contributed by atoms with E-state index in [0.29, 0.717) is 41.9 Å². The van der Waals surface area contributed by atoms with E-state index in [-0.39, 0.29) is 11.9 Å². The molecule has 4 aromatic rings. The summed E-state index contributed by atoms with van der Waals surface area (Å²) >= 11 is 1.38. The summed E-state index contributed by atoms with van der Waals surface area (Å²) in [5.41, 5.74) is 4.26. The van der Waals surface area contributed by atoms with Crippen LogP contribution < -0.4 is 0 Å². The molecule has 0 atom stereocenters. The van der Waals surface area contributed by atoms with Crippen molar-refractivity contribution in [3.63, 3.8) is 0 Å². The van der Waals surface area contributed by atoms with E-state index in [2.05, 4.69) is 16.7 Å². The van der Waals surface area contributed by atoms with Gasteiger partial charge in [0, 0.05) is 35.8 Å². The molecule has 5 rings (SSSR count). The SMILES string of the molecule is CCOCCN1C(=O)/C(=C/c2cn(Cc3cccc(C(=O)OC)c3)c3ccccc23)SC1=Nc1ccccc1. The monoisotopic (exact) mass is 539 g/mol. The zero-order chi connectivity index (χ0) is 27.2. The molecular weight excluding hydrogens is 510 g/mol. The number of hydrogen-bond donors (Lipinski definition) is 0. The second kappa shape index (κ2) is 12.1. The third-order valence-electron chi connectivity index (χ3n) is 6.34. The van der Waals surface area contributed by atoms with Crippen LogP contribution in [0.15, 0.2) is 95.0 Å². The molecule has 1 aromatic heterocycles. The number of aliphatic imine (C=N–C) groups is 1. The van der Waals surface area contributed by atoms with Crippen LogP contribution in [0.2, 0.25) is 0 Å². The summed E-state index contributed by atoms with van der Waals surface area (Å²) in [6.07, 6.45) is 3.99. The number of aromatic nitrogens is 1. The van der Waals surface area contributed by atoms with Crippen molar-refractivity contribution in [1.82, 2.24) is 9.47 Å². The van der Waals surface area contributed by atoms with E-state index >= 15 is 0 Å². The van der Waals surface area contributed by atoms with Crippen molar-refractivity contribution >= 4 is 51.5 Å². The Labute approximate surface area is 231 Å². The number of benzene rings is 3. The van der Waals surface area contributed by atoms with Crippen LogP contribution >= 0.6 is 11.8 Å². The van der Waals surface area contributed by atoms with E-state index in [1.165, 1.54) is 18.9 Å². The highest BCUT2D eigenvalue weighted by Crippen LogP contribution is 2.35. The average Bonchev–Trinajstić information content (AvgIpc) is 3.45. The molecule has 198 valence electrons. The van der Waals surface area contributed by atoms with Crippen LogP contribution in [0.1, 0.15) is 28.4 Å². The van der Waals surface area contributed by atoms with E-state index in [1.54, 1.807) is 11.0 Å². The second-order valence-electron chi connectivity index (χ2n) is 8.92. The number of amides is 1. The number of carbonyl (C=O) groups is 2. The molecule has 0 saturated carbocycles. The number of ether oxygens (including phenoxy) is 2. The highest BCUT2D eigenvalue weighted by molar-refractivity contribution is 8.18. The Hall–Kier alpha value is -4.14. The van der Waals surface area contributed by atoms with Gasteiger partial charge < -0.3 is 14.0 Å². The van der Waals surface area contributed by atoms with Crippen molar-refractivity contribution in [2.75, 3.05) is 26.9 Å². The van der Waals surface area contributed by atoms with Crippen molar-refractivity contribution in [3.05, 3.63) is 107 Å². The van der Waals surface area contributed by atoms with Gasteiger partial charge in [0.25, 0.3) is 5.91 Å². The summed E-state index contributed by atoms with van der Waals surface area (Å²) in [6, 6.07) is 25.2. The van der Waals surface area contributed by atoms with Gasteiger partial charge in [-0.2, -0.15) is 0 Å². The minimum absolute atomic E-state index is 0.0861. The quantitative estimate of drug-likeness (QED) is 0.146. The first-order valence-electron chi connectivity index (χ1n) is 12.8. The van der Waals surface area contributed by atoms with E-state index < -0.39 is 0 Å². The maximum Gasteiger partial charge on any atom is 0.337 e. The van der Waals surface area contributed by atoms with Gasteiger partial charge in [0.05, 0.1) is 36.4 Å². The molecule has 0 bridgehead atoms. The normalized spacial score (nSPS) is 15.5. The van der Waals surface area contributed by atoms with Gasteiger partial charge in [0.15, 0.2) is 5.17 Å². The first-order chi connectivity index (χ1) is 19.1. The number of nitrogens with zero attached hydrogens (tertiary/aromatic N) is 3. The summed E-state index contributed by atoms with van der Waals surface area (Å²) in [5, 5.41) is 1.68. The molecule has 1 aliphatic rings. The molecule has 8 heteroatoms. The molecule has 0 aliphatic carbocycles. The minimum Gasteiger partial charge on any atom is -0.465 e. The smallest absolute Gasteiger partial charge is 0.337 e. The molecule has 7 nitrogen and oxygen atoms in total. The lowest BCUT2D eigenvalue weighted by molar-refractivity contribution is -0.122. The van der Waals surface area contributed by atoms with E-state index in [1.807, 2.05) is 79.9 Å². The molecule has 0 radical (unpaired) electrons. The fraction of sp³-hybridized carbons (Fsp3) is 0.194. The summed E-state index contributed by atoms with van der Waals surface area (Å²) in [4.78, 5) is 32.6. The highest BCUT2D eigenvalue weighted by atomic mass is 32.2. The predicted molar refractivity (Wildman–Crippen MR) is 156 cm³/mol. The van der Waals surface area contributed by atoms with Gasteiger partial charge in [-0.1, -0.05) is 48.5 Å². The molecule has 0 spiro atoms. The molecule has 1 amide bonds. The Morgan fingerprint density at radius 1 is 1.03 bits per heavy atom. The Bertz CT molecular complexity index is 1560. The zero-order valence-corrected chi connectivity index (χ0v) is 22.7. The number of rotatable bonds is 9. The highest BCUT2D eigenvalue weighted by Gasteiger charge is 2.33. The van der Waals surface area contributed by atoms with Crippen LogP contribution in [0.4, 0.5) is 5.69 Å². The minimum atomic E-state index is -0.363. The molecule has 1 aliphatic heterocycles. The van der Waals surface area contributed by atoms with Crippen molar-refractivity contribution in [2.45, 2.75) is 13.5 Å². The Morgan fingerprint density at radius 2 is 1.82 bits per heavy atom. The largest absolute Gasteiger partial charge is 0.465 e. The Morgan fingerprint density at radius 3 is 2.62 bits per heavy atom. The lowest BCUT2D eigenvalue weighted by Gasteiger charge is -2.15. The van der Waals surface area contributed by atoms with Crippen LogP contribution in [-0.2, 0) is 20.8 Å². The maximum atomic E-state index is 13.5. The van der Waals surface area contributed by atoms with Crippen LogP contribution in [0.25, 0.3) is 17.0 Å². The van der Waals surface area contributed by atoms with Gasteiger partial charge in [-0.15, -0.1) is 0 Å². The van der Waals surface area contributed by atoms with E-state index in [0.717, 1.165) is 27.7 Å².